The Balaban J connectivity index is 2.21. The van der Waals surface area contributed by atoms with Gasteiger partial charge < -0.3 is 5.32 Å². The summed E-state index contributed by atoms with van der Waals surface area (Å²) in [5, 5.41) is 3.34. The first-order valence-electron chi connectivity index (χ1n) is 4.25. The maximum atomic E-state index is 6.45. The minimum atomic E-state index is 0.0359. The van der Waals surface area contributed by atoms with Gasteiger partial charge in [0.2, 0.25) is 0 Å². The Labute approximate surface area is 72.9 Å². The smallest absolute Gasteiger partial charge is 0.0752 e. The third kappa shape index (κ3) is 1.00. The third-order valence-electron chi connectivity index (χ3n) is 3.18. The molecule has 0 bridgehead atoms. The Morgan fingerprint density at radius 1 is 1.64 bits per heavy atom. The largest absolute Gasteiger partial charge is 0.313 e. The monoisotopic (exact) mass is 174 g/mol. The first-order valence-corrected chi connectivity index (χ1v) is 4.63. The van der Waals surface area contributed by atoms with E-state index in [9.17, 15) is 0 Å². The van der Waals surface area contributed by atoms with Crippen LogP contribution in [0.25, 0.3) is 0 Å². The summed E-state index contributed by atoms with van der Waals surface area (Å²) in [6.07, 6.45) is 1.13. The topological polar surface area (TPSA) is 15.3 Å². The summed E-state index contributed by atoms with van der Waals surface area (Å²) in [6.45, 7) is 4.29. The zero-order chi connectivity index (χ0) is 8.06. The summed E-state index contributed by atoms with van der Waals surface area (Å²) in [7, 11) is 2.17. The zero-order valence-corrected chi connectivity index (χ0v) is 7.86. The maximum Gasteiger partial charge on any atom is 0.0752 e. The molecule has 0 spiro atoms. The molecular formula is C8H15ClN2. The van der Waals surface area contributed by atoms with E-state index in [1.54, 1.807) is 0 Å². The number of hydrogen-bond donors (Lipinski definition) is 1. The number of nitrogens with zero attached hydrogens (tertiary/aromatic N) is 1. The van der Waals surface area contributed by atoms with Crippen LogP contribution < -0.4 is 5.32 Å². The van der Waals surface area contributed by atoms with Crippen molar-refractivity contribution in [1.29, 1.82) is 0 Å². The molecule has 0 aromatic carbocycles. The van der Waals surface area contributed by atoms with Crippen molar-refractivity contribution in [3.63, 3.8) is 0 Å². The van der Waals surface area contributed by atoms with Crippen LogP contribution in [0.2, 0.25) is 0 Å². The highest BCUT2D eigenvalue weighted by molar-refractivity contribution is 6.25. The Morgan fingerprint density at radius 3 is 3.00 bits per heavy atom. The van der Waals surface area contributed by atoms with Gasteiger partial charge >= 0.3 is 0 Å². The Morgan fingerprint density at radius 2 is 2.36 bits per heavy atom. The quantitative estimate of drug-likeness (QED) is 0.543. The normalized spacial score (nSPS) is 51.5. The maximum absolute atomic E-state index is 6.45. The van der Waals surface area contributed by atoms with Crippen LogP contribution in [0.4, 0.5) is 0 Å². The molecule has 2 aliphatic rings. The van der Waals surface area contributed by atoms with Crippen LogP contribution in [0.1, 0.15) is 13.3 Å². The van der Waals surface area contributed by atoms with E-state index in [1.165, 1.54) is 0 Å². The number of likely N-dealkylation sites (tertiary alicyclic amines) is 1. The Hall–Kier alpha value is 0.210. The summed E-state index contributed by atoms with van der Waals surface area (Å²) in [6, 6.07) is 1.21. The van der Waals surface area contributed by atoms with Crippen molar-refractivity contribution in [2.75, 3.05) is 20.1 Å². The van der Waals surface area contributed by atoms with Gasteiger partial charge in [-0.05, 0) is 20.4 Å². The number of rotatable bonds is 0. The van der Waals surface area contributed by atoms with Gasteiger partial charge in [0.15, 0.2) is 0 Å². The second-order valence-corrected chi connectivity index (χ2v) is 4.65. The number of fused-ring (bicyclic) bond motifs is 1. The average molecular weight is 175 g/mol. The second-order valence-electron chi connectivity index (χ2n) is 3.90. The minimum absolute atomic E-state index is 0.0359. The van der Waals surface area contributed by atoms with Crippen LogP contribution >= 0.6 is 11.6 Å². The lowest BCUT2D eigenvalue weighted by atomic mass is 10.0. The summed E-state index contributed by atoms with van der Waals surface area (Å²) >= 11 is 6.45. The highest BCUT2D eigenvalue weighted by Crippen LogP contribution is 2.39. The van der Waals surface area contributed by atoms with Gasteiger partial charge in [-0.3, -0.25) is 4.90 Å². The van der Waals surface area contributed by atoms with E-state index in [4.69, 9.17) is 11.6 Å². The molecule has 11 heavy (non-hydrogen) atoms. The Bertz CT molecular complexity index is 173. The number of alkyl halides is 1. The standard InChI is InChI=1S/C8H15ClN2/c1-6-3-8(9)5-10-4-7(8)11(6)2/h6-7,10H,3-5H2,1-2H3. The highest BCUT2D eigenvalue weighted by Gasteiger charge is 2.50. The lowest BCUT2D eigenvalue weighted by molar-refractivity contribution is 0.257. The molecule has 2 heterocycles. The predicted molar refractivity (Wildman–Crippen MR) is 47.1 cm³/mol. The average Bonchev–Trinajstić information content (AvgIpc) is 2.36. The fourth-order valence-corrected chi connectivity index (χ4v) is 2.93. The molecule has 2 nitrogen and oxygen atoms in total. The molecular weight excluding hydrogens is 160 g/mol. The number of likely N-dealkylation sites (N-methyl/N-ethyl adjacent to an activating group) is 1. The van der Waals surface area contributed by atoms with Gasteiger partial charge in [0, 0.05) is 25.2 Å². The fraction of sp³-hybridized carbons (Fsp3) is 1.00. The van der Waals surface area contributed by atoms with E-state index in [-0.39, 0.29) is 4.87 Å². The molecule has 3 unspecified atom stereocenters. The van der Waals surface area contributed by atoms with E-state index < -0.39 is 0 Å². The van der Waals surface area contributed by atoms with Crippen LogP contribution in [0, 0.1) is 0 Å². The summed E-state index contributed by atoms with van der Waals surface area (Å²) in [5.41, 5.74) is 0. The molecule has 1 N–H and O–H groups in total. The number of hydrogen-bond acceptors (Lipinski definition) is 2. The van der Waals surface area contributed by atoms with Gasteiger partial charge in [0.25, 0.3) is 0 Å². The van der Waals surface area contributed by atoms with E-state index in [2.05, 4.69) is 24.2 Å². The number of nitrogens with one attached hydrogen (secondary N) is 1. The predicted octanol–water partition coefficient (Wildman–Crippen LogP) is 0.660. The van der Waals surface area contributed by atoms with Gasteiger partial charge in [-0.25, -0.2) is 0 Å². The second kappa shape index (κ2) is 2.35. The first-order chi connectivity index (χ1) is 5.13. The van der Waals surface area contributed by atoms with Crippen molar-refractivity contribution in [3.05, 3.63) is 0 Å². The highest BCUT2D eigenvalue weighted by atomic mass is 35.5. The summed E-state index contributed by atoms with van der Waals surface area (Å²) < 4.78 is 0. The summed E-state index contributed by atoms with van der Waals surface area (Å²) in [4.78, 5) is 2.43. The minimum Gasteiger partial charge on any atom is -0.313 e. The molecule has 2 saturated heterocycles. The lowest BCUT2D eigenvalue weighted by Gasteiger charge is -2.23. The van der Waals surface area contributed by atoms with Crippen LogP contribution in [0.3, 0.4) is 0 Å². The van der Waals surface area contributed by atoms with Gasteiger partial charge in [-0.1, -0.05) is 0 Å². The van der Waals surface area contributed by atoms with Crippen LogP contribution in [-0.4, -0.2) is 42.0 Å². The molecule has 2 aliphatic heterocycles. The van der Waals surface area contributed by atoms with E-state index >= 15 is 0 Å². The van der Waals surface area contributed by atoms with E-state index in [0.717, 1.165) is 19.5 Å². The summed E-state index contributed by atoms with van der Waals surface area (Å²) in [5.74, 6) is 0. The van der Waals surface area contributed by atoms with Gasteiger partial charge in [0.05, 0.1) is 4.87 Å². The third-order valence-corrected chi connectivity index (χ3v) is 3.72. The molecule has 0 aliphatic carbocycles. The molecule has 2 rings (SSSR count). The fourth-order valence-electron chi connectivity index (χ4n) is 2.38. The zero-order valence-electron chi connectivity index (χ0n) is 7.10. The first kappa shape index (κ1) is 7.84. The number of halogens is 1. The van der Waals surface area contributed by atoms with Gasteiger partial charge in [0.1, 0.15) is 0 Å². The molecule has 64 valence electrons. The van der Waals surface area contributed by atoms with E-state index in [1.807, 2.05) is 0 Å². The van der Waals surface area contributed by atoms with Crippen molar-refractivity contribution in [2.24, 2.45) is 0 Å². The molecule has 0 amide bonds. The van der Waals surface area contributed by atoms with Crippen molar-refractivity contribution in [3.8, 4) is 0 Å². The lowest BCUT2D eigenvalue weighted by Crippen LogP contribution is -2.38. The van der Waals surface area contributed by atoms with Crippen LogP contribution in [-0.2, 0) is 0 Å². The molecule has 2 fully saturated rings. The molecule has 3 heteroatoms. The van der Waals surface area contributed by atoms with Crippen molar-refractivity contribution in [1.82, 2.24) is 10.2 Å². The molecule has 0 radical (unpaired) electrons. The van der Waals surface area contributed by atoms with Crippen molar-refractivity contribution in [2.45, 2.75) is 30.3 Å². The molecule has 0 aromatic heterocycles. The molecule has 0 saturated carbocycles. The van der Waals surface area contributed by atoms with Gasteiger partial charge in [-0.15, -0.1) is 11.6 Å². The van der Waals surface area contributed by atoms with E-state index in [0.29, 0.717) is 12.1 Å². The van der Waals surface area contributed by atoms with Crippen LogP contribution in [0.5, 0.6) is 0 Å². The van der Waals surface area contributed by atoms with Crippen molar-refractivity contribution < 1.29 is 0 Å². The molecule has 0 aromatic rings. The van der Waals surface area contributed by atoms with Crippen molar-refractivity contribution >= 4 is 11.6 Å². The molecule has 3 atom stereocenters. The van der Waals surface area contributed by atoms with Crippen LogP contribution in [0.15, 0.2) is 0 Å². The van der Waals surface area contributed by atoms with Gasteiger partial charge in [-0.2, -0.15) is 0 Å². The Kier molecular flexibility index (Phi) is 1.67. The SMILES string of the molecule is CC1CC2(Cl)CNCC2N1C.